The molecule has 0 heterocycles. The fraction of sp³-hybridized carbons (Fsp3) is 0.500. The summed E-state index contributed by atoms with van der Waals surface area (Å²) in [6.45, 7) is 5.18. The number of nitrogens with one attached hydrogen (secondary N) is 2. The molecule has 1 aromatic carbocycles. The number of halogens is 1. The van der Waals surface area contributed by atoms with Crippen LogP contribution in [0.1, 0.15) is 24.5 Å². The van der Waals surface area contributed by atoms with Crippen LogP contribution >= 0.6 is 24.0 Å². The van der Waals surface area contributed by atoms with Crippen LogP contribution in [0.5, 0.6) is 0 Å². The molecule has 1 aromatic rings. The monoisotopic (exact) mass is 359 g/mol. The predicted octanol–water partition coefficient (Wildman–Crippen LogP) is 2.69. The Hall–Kier alpha value is -0.780. The molecule has 1 aliphatic carbocycles. The first-order valence-electron chi connectivity index (χ1n) is 6.22. The lowest BCUT2D eigenvalue weighted by atomic mass is 10.1. The van der Waals surface area contributed by atoms with Gasteiger partial charge in [0.1, 0.15) is 0 Å². The number of hydrogen-bond acceptors (Lipinski definition) is 1. The Balaban J connectivity index is 0.00000162. The number of benzene rings is 1. The number of aryl methyl sites for hydroxylation is 1. The Morgan fingerprint density at radius 1 is 1.33 bits per heavy atom. The number of guanidine groups is 1. The Morgan fingerprint density at radius 3 is 2.44 bits per heavy atom. The zero-order chi connectivity index (χ0) is 12.3. The zero-order valence-corrected chi connectivity index (χ0v) is 13.6. The van der Waals surface area contributed by atoms with E-state index in [0.29, 0.717) is 6.04 Å². The minimum Gasteiger partial charge on any atom is -0.353 e. The quantitative estimate of drug-likeness (QED) is 0.495. The molecule has 100 valence electrons. The van der Waals surface area contributed by atoms with E-state index in [9.17, 15) is 0 Å². The Kier molecular flexibility index (Phi) is 5.91. The maximum Gasteiger partial charge on any atom is 0.191 e. The van der Waals surface area contributed by atoms with Crippen molar-refractivity contribution in [3.05, 3.63) is 35.4 Å². The molecule has 0 amide bonds. The van der Waals surface area contributed by atoms with Crippen LogP contribution in [0.3, 0.4) is 0 Å². The summed E-state index contributed by atoms with van der Waals surface area (Å²) in [6.07, 6.45) is 1.26. The van der Waals surface area contributed by atoms with E-state index >= 15 is 0 Å². The van der Waals surface area contributed by atoms with Crippen LogP contribution in [-0.2, 0) is 6.54 Å². The second-order valence-corrected chi connectivity index (χ2v) is 4.88. The summed E-state index contributed by atoms with van der Waals surface area (Å²) in [7, 11) is 1.82. The minimum absolute atomic E-state index is 0. The molecular weight excluding hydrogens is 337 g/mol. The van der Waals surface area contributed by atoms with Crippen LogP contribution in [0.15, 0.2) is 29.3 Å². The average Bonchev–Trinajstić information content (AvgIpc) is 3.02. The summed E-state index contributed by atoms with van der Waals surface area (Å²) in [5.74, 6) is 1.69. The van der Waals surface area contributed by atoms with Gasteiger partial charge in [-0.2, -0.15) is 0 Å². The van der Waals surface area contributed by atoms with Gasteiger partial charge in [-0.3, -0.25) is 4.99 Å². The van der Waals surface area contributed by atoms with Crippen LogP contribution in [-0.4, -0.2) is 19.0 Å². The highest BCUT2D eigenvalue weighted by molar-refractivity contribution is 14.0. The molecular formula is C14H22IN3. The highest BCUT2D eigenvalue weighted by atomic mass is 127. The van der Waals surface area contributed by atoms with Gasteiger partial charge in [-0.15, -0.1) is 24.0 Å². The van der Waals surface area contributed by atoms with E-state index in [1.165, 1.54) is 17.5 Å². The normalized spacial score (nSPS) is 22.1. The van der Waals surface area contributed by atoms with Gasteiger partial charge >= 0.3 is 0 Å². The first kappa shape index (κ1) is 15.3. The Bertz CT molecular complexity index is 400. The molecule has 0 aliphatic heterocycles. The molecule has 1 saturated carbocycles. The number of nitrogens with zero attached hydrogens (tertiary/aromatic N) is 1. The third kappa shape index (κ3) is 4.48. The third-order valence-corrected chi connectivity index (χ3v) is 3.24. The SMILES string of the molecule is CN=C(NCc1ccc(C)cc1)NC1CC1C.I. The van der Waals surface area contributed by atoms with E-state index in [2.05, 4.69) is 53.7 Å². The summed E-state index contributed by atoms with van der Waals surface area (Å²) in [5, 5.41) is 6.75. The van der Waals surface area contributed by atoms with Crippen molar-refractivity contribution >= 4 is 29.9 Å². The van der Waals surface area contributed by atoms with E-state index in [4.69, 9.17) is 0 Å². The average molecular weight is 359 g/mol. The maximum atomic E-state index is 4.23. The van der Waals surface area contributed by atoms with Crippen molar-refractivity contribution in [2.45, 2.75) is 32.9 Å². The number of aliphatic imine (C=N–C) groups is 1. The summed E-state index contributed by atoms with van der Waals surface area (Å²) >= 11 is 0. The molecule has 2 unspecified atom stereocenters. The van der Waals surface area contributed by atoms with E-state index in [1.54, 1.807) is 0 Å². The summed E-state index contributed by atoms with van der Waals surface area (Å²) in [4.78, 5) is 4.23. The lowest BCUT2D eigenvalue weighted by Crippen LogP contribution is -2.38. The zero-order valence-electron chi connectivity index (χ0n) is 11.2. The summed E-state index contributed by atoms with van der Waals surface area (Å²) in [5.41, 5.74) is 2.57. The lowest BCUT2D eigenvalue weighted by Gasteiger charge is -2.11. The van der Waals surface area contributed by atoms with Gasteiger partial charge in [0, 0.05) is 19.6 Å². The van der Waals surface area contributed by atoms with Crippen molar-refractivity contribution in [3.8, 4) is 0 Å². The standard InChI is InChI=1S/C14H21N3.HI/c1-10-4-6-12(7-5-10)9-16-14(15-3)17-13-8-11(13)2;/h4-7,11,13H,8-9H2,1-3H3,(H2,15,16,17);1H. The van der Waals surface area contributed by atoms with Gasteiger partial charge in [-0.25, -0.2) is 0 Å². The van der Waals surface area contributed by atoms with Crippen molar-refractivity contribution in [2.24, 2.45) is 10.9 Å². The highest BCUT2D eigenvalue weighted by Crippen LogP contribution is 2.28. The van der Waals surface area contributed by atoms with Crippen molar-refractivity contribution in [1.82, 2.24) is 10.6 Å². The fourth-order valence-electron chi connectivity index (χ4n) is 1.79. The van der Waals surface area contributed by atoms with E-state index in [0.717, 1.165) is 18.4 Å². The topological polar surface area (TPSA) is 36.4 Å². The van der Waals surface area contributed by atoms with Crippen molar-refractivity contribution in [2.75, 3.05) is 7.05 Å². The molecule has 1 aliphatic rings. The van der Waals surface area contributed by atoms with E-state index in [-0.39, 0.29) is 24.0 Å². The molecule has 0 radical (unpaired) electrons. The molecule has 0 aromatic heterocycles. The van der Waals surface area contributed by atoms with Crippen molar-refractivity contribution in [1.29, 1.82) is 0 Å². The largest absolute Gasteiger partial charge is 0.353 e. The van der Waals surface area contributed by atoms with Crippen LogP contribution in [0.2, 0.25) is 0 Å². The Morgan fingerprint density at radius 2 is 1.94 bits per heavy atom. The van der Waals surface area contributed by atoms with Gasteiger partial charge in [0.15, 0.2) is 5.96 Å². The van der Waals surface area contributed by atoms with Crippen molar-refractivity contribution in [3.63, 3.8) is 0 Å². The molecule has 2 rings (SSSR count). The van der Waals surface area contributed by atoms with E-state index < -0.39 is 0 Å². The van der Waals surface area contributed by atoms with Crippen LogP contribution in [0, 0.1) is 12.8 Å². The highest BCUT2D eigenvalue weighted by Gasteiger charge is 2.33. The third-order valence-electron chi connectivity index (χ3n) is 3.24. The first-order valence-corrected chi connectivity index (χ1v) is 6.22. The Labute approximate surface area is 126 Å². The van der Waals surface area contributed by atoms with Gasteiger partial charge in [-0.05, 0) is 24.8 Å². The van der Waals surface area contributed by atoms with Gasteiger partial charge in [0.2, 0.25) is 0 Å². The molecule has 2 N–H and O–H groups in total. The van der Waals surface area contributed by atoms with Gasteiger partial charge in [0.05, 0.1) is 0 Å². The van der Waals surface area contributed by atoms with Crippen LogP contribution in [0.25, 0.3) is 0 Å². The van der Waals surface area contributed by atoms with E-state index in [1.807, 2.05) is 7.05 Å². The number of rotatable bonds is 3. The first-order chi connectivity index (χ1) is 8.19. The second kappa shape index (κ2) is 6.97. The minimum atomic E-state index is 0. The van der Waals surface area contributed by atoms with Gasteiger partial charge in [-0.1, -0.05) is 36.8 Å². The second-order valence-electron chi connectivity index (χ2n) is 4.88. The lowest BCUT2D eigenvalue weighted by molar-refractivity contribution is 0.763. The smallest absolute Gasteiger partial charge is 0.191 e. The van der Waals surface area contributed by atoms with Gasteiger partial charge in [0.25, 0.3) is 0 Å². The fourth-order valence-corrected chi connectivity index (χ4v) is 1.79. The summed E-state index contributed by atoms with van der Waals surface area (Å²) in [6, 6.07) is 9.18. The molecule has 0 bridgehead atoms. The molecule has 0 spiro atoms. The molecule has 0 saturated heterocycles. The van der Waals surface area contributed by atoms with Crippen LogP contribution < -0.4 is 10.6 Å². The number of hydrogen-bond donors (Lipinski definition) is 2. The van der Waals surface area contributed by atoms with Gasteiger partial charge < -0.3 is 10.6 Å². The summed E-state index contributed by atoms with van der Waals surface area (Å²) < 4.78 is 0. The molecule has 18 heavy (non-hydrogen) atoms. The molecule has 1 fully saturated rings. The van der Waals surface area contributed by atoms with Crippen molar-refractivity contribution < 1.29 is 0 Å². The van der Waals surface area contributed by atoms with Crippen LogP contribution in [0.4, 0.5) is 0 Å². The maximum absolute atomic E-state index is 4.23. The molecule has 4 heteroatoms. The molecule has 3 nitrogen and oxygen atoms in total. The molecule has 2 atom stereocenters. The predicted molar refractivity (Wildman–Crippen MR) is 87.5 cm³/mol.